The van der Waals surface area contributed by atoms with Gasteiger partial charge in [-0.1, -0.05) is 13.8 Å². The summed E-state index contributed by atoms with van der Waals surface area (Å²) in [7, 11) is 0. The van der Waals surface area contributed by atoms with Gasteiger partial charge in [0.15, 0.2) is 0 Å². The van der Waals surface area contributed by atoms with Crippen molar-refractivity contribution >= 4 is 5.97 Å². The minimum atomic E-state index is -0.249. The first-order chi connectivity index (χ1) is 10.8. The van der Waals surface area contributed by atoms with Crippen LogP contribution in [0.2, 0.25) is 0 Å². The van der Waals surface area contributed by atoms with Crippen LogP contribution in [-0.2, 0) is 20.7 Å². The van der Waals surface area contributed by atoms with Gasteiger partial charge in [0.05, 0.1) is 18.1 Å². The van der Waals surface area contributed by atoms with E-state index in [9.17, 15) is 4.79 Å². The molecule has 1 aromatic rings. The summed E-state index contributed by atoms with van der Waals surface area (Å²) in [5.41, 5.74) is 2.12. The second kappa shape index (κ2) is 5.66. The number of esters is 1. The Labute approximate surface area is 138 Å². The second-order valence-electron chi connectivity index (χ2n) is 8.15. The minimum absolute atomic E-state index is 0.227. The minimum Gasteiger partial charge on any atom is -0.472 e. The van der Waals surface area contributed by atoms with Gasteiger partial charge in [0.1, 0.15) is 6.10 Å². The van der Waals surface area contributed by atoms with Gasteiger partial charge in [0.2, 0.25) is 0 Å². The van der Waals surface area contributed by atoms with E-state index in [1.165, 1.54) is 6.92 Å². The first-order valence-electron chi connectivity index (χ1n) is 8.62. The van der Waals surface area contributed by atoms with Crippen LogP contribution in [0, 0.1) is 17.3 Å². The molecule has 1 aromatic heterocycles. The summed E-state index contributed by atoms with van der Waals surface area (Å²) >= 11 is 0. The maximum Gasteiger partial charge on any atom is 0.303 e. The van der Waals surface area contributed by atoms with Crippen LogP contribution in [0.4, 0.5) is 0 Å². The van der Waals surface area contributed by atoms with Crippen LogP contribution in [0.5, 0.6) is 0 Å². The fraction of sp³-hybridized carbons (Fsp3) is 0.737. The summed E-state index contributed by atoms with van der Waals surface area (Å²) in [5, 5.41) is 0. The van der Waals surface area contributed by atoms with Gasteiger partial charge in [0.25, 0.3) is 0 Å². The third-order valence-electron chi connectivity index (χ3n) is 5.64. The van der Waals surface area contributed by atoms with Gasteiger partial charge < -0.3 is 13.9 Å². The molecule has 0 unspecified atom stereocenters. The Morgan fingerprint density at radius 1 is 1.30 bits per heavy atom. The zero-order valence-electron chi connectivity index (χ0n) is 14.8. The number of rotatable bonds is 3. The molecule has 0 saturated heterocycles. The highest BCUT2D eigenvalue weighted by atomic mass is 16.5. The number of hydrogen-bond donors (Lipinski definition) is 0. The van der Waals surface area contributed by atoms with Gasteiger partial charge in [-0.05, 0) is 38.0 Å². The molecule has 128 valence electrons. The molecule has 4 nitrogen and oxygen atoms in total. The van der Waals surface area contributed by atoms with Gasteiger partial charge in [-0.25, -0.2) is 0 Å². The summed E-state index contributed by atoms with van der Waals surface area (Å²) in [5.74, 6) is 0.407. The summed E-state index contributed by atoms with van der Waals surface area (Å²) in [4.78, 5) is 11.7. The number of carbonyl (C=O) groups is 1. The molecule has 0 N–H and O–H groups in total. The molecular formula is C19H28O4. The van der Waals surface area contributed by atoms with E-state index < -0.39 is 0 Å². The molecule has 2 aliphatic rings. The van der Waals surface area contributed by atoms with Crippen molar-refractivity contribution in [3.63, 3.8) is 0 Å². The van der Waals surface area contributed by atoms with E-state index in [2.05, 4.69) is 20.8 Å². The molecule has 0 spiro atoms. The van der Waals surface area contributed by atoms with Gasteiger partial charge in [0, 0.05) is 37.0 Å². The van der Waals surface area contributed by atoms with Crippen LogP contribution < -0.4 is 0 Å². The number of carbonyl (C=O) groups excluding carboxylic acids is 1. The molecule has 1 saturated carbocycles. The summed E-state index contributed by atoms with van der Waals surface area (Å²) in [6, 6.07) is 0. The van der Waals surface area contributed by atoms with E-state index in [0.717, 1.165) is 30.4 Å². The lowest BCUT2D eigenvalue weighted by molar-refractivity contribution is -0.154. The van der Waals surface area contributed by atoms with Crippen molar-refractivity contribution in [1.82, 2.24) is 0 Å². The van der Waals surface area contributed by atoms with E-state index >= 15 is 0 Å². The molecule has 23 heavy (non-hydrogen) atoms. The lowest BCUT2D eigenvalue weighted by Gasteiger charge is -2.38. The Bertz CT molecular complexity index is 588. The van der Waals surface area contributed by atoms with Crippen LogP contribution in [0.25, 0.3) is 0 Å². The van der Waals surface area contributed by atoms with Gasteiger partial charge in [-0.3, -0.25) is 4.79 Å². The molecule has 3 rings (SSSR count). The van der Waals surface area contributed by atoms with Crippen LogP contribution in [0.1, 0.15) is 64.7 Å². The van der Waals surface area contributed by atoms with Crippen LogP contribution in [0.3, 0.4) is 0 Å². The Balaban J connectivity index is 2.08. The van der Waals surface area contributed by atoms with Crippen molar-refractivity contribution in [2.45, 2.75) is 65.6 Å². The van der Waals surface area contributed by atoms with E-state index in [1.807, 2.05) is 6.92 Å². The van der Waals surface area contributed by atoms with E-state index in [0.29, 0.717) is 12.5 Å². The fourth-order valence-corrected chi connectivity index (χ4v) is 4.88. The molecule has 4 atom stereocenters. The normalized spacial score (nSPS) is 35.3. The van der Waals surface area contributed by atoms with Crippen molar-refractivity contribution in [1.29, 1.82) is 0 Å². The van der Waals surface area contributed by atoms with E-state index in [-0.39, 0.29) is 29.0 Å². The fourth-order valence-electron chi connectivity index (χ4n) is 4.88. The number of furan rings is 1. The Hall–Kier alpha value is -1.29. The van der Waals surface area contributed by atoms with E-state index in [1.54, 1.807) is 12.5 Å². The Morgan fingerprint density at radius 2 is 2.04 bits per heavy atom. The van der Waals surface area contributed by atoms with Crippen molar-refractivity contribution in [2.24, 2.45) is 17.3 Å². The molecule has 0 aromatic carbocycles. The summed E-state index contributed by atoms with van der Waals surface area (Å²) in [6.07, 6.45) is 6.24. The molecule has 1 heterocycles. The molecule has 1 fully saturated rings. The first kappa shape index (κ1) is 16.6. The molecule has 4 heteroatoms. The van der Waals surface area contributed by atoms with Crippen molar-refractivity contribution < 1.29 is 18.7 Å². The lowest BCUT2D eigenvalue weighted by atomic mass is 9.78. The smallest absolute Gasteiger partial charge is 0.303 e. The molecule has 0 bridgehead atoms. The van der Waals surface area contributed by atoms with Gasteiger partial charge in [-0.2, -0.15) is 0 Å². The molecule has 0 aliphatic heterocycles. The monoisotopic (exact) mass is 320 g/mol. The summed E-state index contributed by atoms with van der Waals surface area (Å²) < 4.78 is 17.5. The largest absolute Gasteiger partial charge is 0.472 e. The van der Waals surface area contributed by atoms with Crippen LogP contribution in [-0.4, -0.2) is 18.2 Å². The van der Waals surface area contributed by atoms with Crippen LogP contribution in [0.15, 0.2) is 16.9 Å². The summed E-state index contributed by atoms with van der Waals surface area (Å²) in [6.45, 7) is 11.0. The van der Waals surface area contributed by atoms with E-state index in [4.69, 9.17) is 13.9 Å². The Morgan fingerprint density at radius 3 is 2.70 bits per heavy atom. The maximum absolute atomic E-state index is 11.7. The highest BCUT2D eigenvalue weighted by Gasteiger charge is 2.55. The standard InChI is InChI=1S/C19H28O4/c1-6-22-19(5)7-13-10-21-11-15(13)17(23-12(2)20)14-8-18(3,4)9-16(14)19/h10-11,14,16-17H,6-9H2,1-5H3/t14-,16+,17+,19+/m1/s1. The number of fused-ring (bicyclic) bond motifs is 2. The predicted octanol–water partition coefficient (Wildman–Crippen LogP) is 4.29. The average Bonchev–Trinajstić information content (AvgIpc) is 2.98. The highest BCUT2D eigenvalue weighted by Crippen LogP contribution is 2.58. The third-order valence-corrected chi connectivity index (χ3v) is 5.64. The predicted molar refractivity (Wildman–Crippen MR) is 86.9 cm³/mol. The number of hydrogen-bond acceptors (Lipinski definition) is 4. The lowest BCUT2D eigenvalue weighted by Crippen LogP contribution is -2.42. The van der Waals surface area contributed by atoms with Crippen LogP contribution >= 0.6 is 0 Å². The maximum atomic E-state index is 11.7. The zero-order chi connectivity index (χ0) is 16.8. The molecule has 2 aliphatic carbocycles. The third kappa shape index (κ3) is 2.93. The van der Waals surface area contributed by atoms with Crippen molar-refractivity contribution in [2.75, 3.05) is 6.61 Å². The second-order valence-corrected chi connectivity index (χ2v) is 8.15. The highest BCUT2D eigenvalue weighted by molar-refractivity contribution is 5.66. The number of ether oxygens (including phenoxy) is 2. The van der Waals surface area contributed by atoms with Gasteiger partial charge >= 0.3 is 5.97 Å². The first-order valence-corrected chi connectivity index (χ1v) is 8.62. The van der Waals surface area contributed by atoms with Crippen molar-refractivity contribution in [3.8, 4) is 0 Å². The SMILES string of the molecule is CCO[C@@]1(C)Cc2cocc2[C@@H](OC(C)=O)[C@@H]2CC(C)(C)C[C@@H]21. The van der Waals surface area contributed by atoms with Crippen molar-refractivity contribution in [3.05, 3.63) is 23.7 Å². The molecule has 0 radical (unpaired) electrons. The quantitative estimate of drug-likeness (QED) is 0.780. The molecular weight excluding hydrogens is 292 g/mol. The van der Waals surface area contributed by atoms with Gasteiger partial charge in [-0.15, -0.1) is 0 Å². The topological polar surface area (TPSA) is 48.7 Å². The zero-order valence-corrected chi connectivity index (χ0v) is 14.8. The Kier molecular flexibility index (Phi) is 4.07. The molecule has 0 amide bonds. The average molecular weight is 320 g/mol.